The highest BCUT2D eigenvalue weighted by Crippen LogP contribution is 2.31. The summed E-state index contributed by atoms with van der Waals surface area (Å²) in [5.74, 6) is 1.13. The Morgan fingerprint density at radius 2 is 1.86 bits per heavy atom. The fourth-order valence-electron chi connectivity index (χ4n) is 3.15. The lowest BCUT2D eigenvalue weighted by atomic mass is 10.2. The van der Waals surface area contributed by atoms with Gasteiger partial charge in [-0.05, 0) is 24.3 Å². The highest BCUT2D eigenvalue weighted by molar-refractivity contribution is 6.03. The first-order valence-electron chi connectivity index (χ1n) is 9.19. The molecule has 1 N–H and O–H groups in total. The minimum Gasteiger partial charge on any atom is -0.486 e. The molecular formula is C21H17N5O3. The smallest absolute Gasteiger partial charge is 0.275 e. The third-order valence-electron chi connectivity index (χ3n) is 4.53. The van der Waals surface area contributed by atoms with Gasteiger partial charge >= 0.3 is 0 Å². The molecule has 1 amide bonds. The van der Waals surface area contributed by atoms with E-state index in [1.807, 2.05) is 48.5 Å². The molecule has 1 atom stereocenters. The molecule has 4 aromatic rings. The number of para-hydroxylation sites is 4. The molecule has 0 bridgehead atoms. The van der Waals surface area contributed by atoms with E-state index in [2.05, 4.69) is 20.4 Å². The van der Waals surface area contributed by atoms with Crippen LogP contribution in [0.3, 0.4) is 0 Å². The second-order valence-electron chi connectivity index (χ2n) is 6.65. The lowest BCUT2D eigenvalue weighted by molar-refractivity contribution is 0.0759. The van der Waals surface area contributed by atoms with Crippen LogP contribution in [0.25, 0.3) is 11.0 Å². The van der Waals surface area contributed by atoms with Crippen LogP contribution in [0.2, 0.25) is 0 Å². The second kappa shape index (κ2) is 7.23. The first-order valence-corrected chi connectivity index (χ1v) is 9.19. The molecule has 0 fully saturated rings. The summed E-state index contributed by atoms with van der Waals surface area (Å²) in [6.07, 6.45) is 4.63. The van der Waals surface area contributed by atoms with E-state index in [9.17, 15) is 4.79 Å². The van der Waals surface area contributed by atoms with Crippen molar-refractivity contribution in [3.8, 4) is 11.5 Å². The largest absolute Gasteiger partial charge is 0.486 e. The van der Waals surface area contributed by atoms with Gasteiger partial charge in [0.2, 0.25) is 0 Å². The van der Waals surface area contributed by atoms with Crippen LogP contribution in [0.5, 0.6) is 11.5 Å². The fourth-order valence-corrected chi connectivity index (χ4v) is 3.15. The van der Waals surface area contributed by atoms with Crippen LogP contribution >= 0.6 is 0 Å². The van der Waals surface area contributed by atoms with Crippen molar-refractivity contribution in [2.24, 2.45) is 0 Å². The average Bonchev–Trinajstić information content (AvgIpc) is 3.20. The van der Waals surface area contributed by atoms with Gasteiger partial charge in [0.15, 0.2) is 17.6 Å². The van der Waals surface area contributed by atoms with Gasteiger partial charge in [-0.3, -0.25) is 14.5 Å². The summed E-state index contributed by atoms with van der Waals surface area (Å²) in [5, 5.41) is 7.09. The predicted octanol–water partition coefficient (Wildman–Crippen LogP) is 2.92. The van der Waals surface area contributed by atoms with Crippen molar-refractivity contribution in [2.45, 2.75) is 12.6 Å². The first kappa shape index (κ1) is 17.2. The number of amides is 1. The summed E-state index contributed by atoms with van der Waals surface area (Å²) in [6, 6.07) is 15.0. The van der Waals surface area contributed by atoms with Crippen molar-refractivity contribution < 1.29 is 14.3 Å². The van der Waals surface area contributed by atoms with Crippen molar-refractivity contribution in [1.29, 1.82) is 0 Å². The van der Waals surface area contributed by atoms with Gasteiger partial charge in [0.05, 0.1) is 35.7 Å². The van der Waals surface area contributed by atoms with Crippen molar-refractivity contribution in [1.82, 2.24) is 19.7 Å². The zero-order valence-electron chi connectivity index (χ0n) is 15.4. The molecular weight excluding hydrogens is 370 g/mol. The Bertz CT molecular complexity index is 1190. The lowest BCUT2D eigenvalue weighted by Crippen LogP contribution is -2.33. The predicted molar refractivity (Wildman–Crippen MR) is 106 cm³/mol. The van der Waals surface area contributed by atoms with Crippen molar-refractivity contribution in [3.05, 3.63) is 72.8 Å². The molecule has 8 heteroatoms. The van der Waals surface area contributed by atoms with Crippen LogP contribution in [-0.2, 0) is 6.54 Å². The normalized spacial score (nSPS) is 15.2. The molecule has 3 heterocycles. The Morgan fingerprint density at radius 3 is 2.76 bits per heavy atom. The summed E-state index contributed by atoms with van der Waals surface area (Å²) in [6.45, 7) is 0.936. The Labute approximate surface area is 166 Å². The van der Waals surface area contributed by atoms with Gasteiger partial charge in [0, 0.05) is 6.20 Å². The molecule has 0 spiro atoms. The molecule has 29 heavy (non-hydrogen) atoms. The maximum atomic E-state index is 12.5. The Balaban J connectivity index is 1.25. The zero-order chi connectivity index (χ0) is 19.6. The number of rotatable bonds is 4. The van der Waals surface area contributed by atoms with Gasteiger partial charge in [-0.15, -0.1) is 0 Å². The summed E-state index contributed by atoms with van der Waals surface area (Å²) in [7, 11) is 0. The number of nitrogens with zero attached hydrogens (tertiary/aromatic N) is 4. The number of carbonyl (C=O) groups excluding carboxylic acids is 1. The number of carbonyl (C=O) groups is 1. The van der Waals surface area contributed by atoms with E-state index >= 15 is 0 Å². The molecule has 5 rings (SSSR count). The number of ether oxygens (including phenoxy) is 2. The van der Waals surface area contributed by atoms with E-state index in [4.69, 9.17) is 9.47 Å². The summed E-state index contributed by atoms with van der Waals surface area (Å²) in [4.78, 5) is 21.1. The van der Waals surface area contributed by atoms with Crippen LogP contribution in [0.15, 0.2) is 67.1 Å². The van der Waals surface area contributed by atoms with Gasteiger partial charge < -0.3 is 14.8 Å². The van der Waals surface area contributed by atoms with Crippen molar-refractivity contribution >= 4 is 22.6 Å². The van der Waals surface area contributed by atoms with Gasteiger partial charge in [-0.2, -0.15) is 5.10 Å². The van der Waals surface area contributed by atoms with Crippen LogP contribution in [0.1, 0.15) is 10.5 Å². The molecule has 144 valence electrons. The summed E-state index contributed by atoms with van der Waals surface area (Å²) in [5.41, 5.74) is 2.23. The van der Waals surface area contributed by atoms with Crippen LogP contribution < -0.4 is 14.8 Å². The maximum absolute atomic E-state index is 12.5. The van der Waals surface area contributed by atoms with Crippen molar-refractivity contribution in [2.75, 3.05) is 11.9 Å². The SMILES string of the molecule is O=C(Nc1cnn(CC2COc3ccccc3O2)c1)c1cnc2ccccc2n1. The van der Waals surface area contributed by atoms with E-state index < -0.39 is 0 Å². The first-order chi connectivity index (χ1) is 14.2. The third-order valence-corrected chi connectivity index (χ3v) is 4.53. The number of hydrogen-bond donors (Lipinski definition) is 1. The van der Waals surface area contributed by atoms with Gasteiger partial charge in [-0.25, -0.2) is 4.98 Å². The third kappa shape index (κ3) is 3.60. The van der Waals surface area contributed by atoms with Gasteiger partial charge in [-0.1, -0.05) is 24.3 Å². The summed E-state index contributed by atoms with van der Waals surface area (Å²) >= 11 is 0. The Hall–Kier alpha value is -3.94. The molecule has 8 nitrogen and oxygen atoms in total. The molecule has 0 saturated carbocycles. The average molecular weight is 387 g/mol. The standard InChI is InChI=1S/C21H17N5O3/c27-21(18-10-22-16-5-1-2-6-17(16)25-18)24-14-9-23-26(11-14)12-15-13-28-19-7-3-4-8-20(19)29-15/h1-11,15H,12-13H2,(H,24,27). The molecule has 0 radical (unpaired) electrons. The van der Waals surface area contributed by atoms with E-state index in [-0.39, 0.29) is 17.7 Å². The van der Waals surface area contributed by atoms with Crippen LogP contribution in [0, 0.1) is 0 Å². The van der Waals surface area contributed by atoms with E-state index in [0.29, 0.717) is 24.4 Å². The van der Waals surface area contributed by atoms with E-state index in [1.54, 1.807) is 17.1 Å². The molecule has 2 aromatic carbocycles. The molecule has 1 aliphatic heterocycles. The highest BCUT2D eigenvalue weighted by atomic mass is 16.6. The number of hydrogen-bond acceptors (Lipinski definition) is 6. The van der Waals surface area contributed by atoms with Gasteiger partial charge in [0.1, 0.15) is 12.3 Å². The fraction of sp³-hybridized carbons (Fsp3) is 0.143. The Morgan fingerprint density at radius 1 is 1.07 bits per heavy atom. The lowest BCUT2D eigenvalue weighted by Gasteiger charge is -2.26. The van der Waals surface area contributed by atoms with Crippen molar-refractivity contribution in [3.63, 3.8) is 0 Å². The molecule has 1 unspecified atom stereocenters. The zero-order valence-corrected chi connectivity index (χ0v) is 15.4. The number of nitrogens with one attached hydrogen (secondary N) is 1. The molecule has 2 aromatic heterocycles. The van der Waals surface area contributed by atoms with Gasteiger partial charge in [0.25, 0.3) is 5.91 Å². The monoisotopic (exact) mass is 387 g/mol. The molecule has 0 saturated heterocycles. The van der Waals surface area contributed by atoms with Crippen LogP contribution in [0.4, 0.5) is 5.69 Å². The highest BCUT2D eigenvalue weighted by Gasteiger charge is 2.21. The minimum absolute atomic E-state index is 0.167. The quantitative estimate of drug-likeness (QED) is 0.579. The Kier molecular flexibility index (Phi) is 4.28. The second-order valence-corrected chi connectivity index (χ2v) is 6.65. The maximum Gasteiger partial charge on any atom is 0.275 e. The summed E-state index contributed by atoms with van der Waals surface area (Å²) < 4.78 is 13.4. The van der Waals surface area contributed by atoms with E-state index in [1.165, 1.54) is 6.20 Å². The van der Waals surface area contributed by atoms with E-state index in [0.717, 1.165) is 17.0 Å². The number of anilines is 1. The van der Waals surface area contributed by atoms with Crippen LogP contribution in [-0.4, -0.2) is 38.4 Å². The number of benzene rings is 2. The number of aromatic nitrogens is 4. The molecule has 0 aliphatic carbocycles. The number of fused-ring (bicyclic) bond motifs is 2. The topological polar surface area (TPSA) is 91.2 Å². The minimum atomic E-state index is -0.339. The molecule has 1 aliphatic rings.